The molecule has 104 valence electrons. The van der Waals surface area contributed by atoms with Crippen LogP contribution in [0.5, 0.6) is 0 Å². The Balaban J connectivity index is 1.96. The molecule has 19 heavy (non-hydrogen) atoms. The van der Waals surface area contributed by atoms with Crippen molar-refractivity contribution in [2.45, 2.75) is 18.6 Å². The molecule has 1 N–H and O–H groups in total. The van der Waals surface area contributed by atoms with Crippen LogP contribution in [0.2, 0.25) is 0 Å². The maximum Gasteiger partial charge on any atom is 0.253 e. The Labute approximate surface area is 119 Å². The summed E-state index contributed by atoms with van der Waals surface area (Å²) in [6, 6.07) is 7.91. The van der Waals surface area contributed by atoms with E-state index in [-0.39, 0.29) is 12.5 Å². The van der Waals surface area contributed by atoms with Crippen molar-refractivity contribution in [1.29, 1.82) is 0 Å². The molecule has 0 saturated carbocycles. The van der Waals surface area contributed by atoms with Gasteiger partial charge in [0.1, 0.15) is 0 Å². The molecule has 1 aliphatic heterocycles. The Morgan fingerprint density at radius 1 is 1.42 bits per heavy atom. The largest absolute Gasteiger partial charge is 0.396 e. The zero-order chi connectivity index (χ0) is 13.7. The number of benzene rings is 1. The van der Waals surface area contributed by atoms with Crippen LogP contribution in [-0.4, -0.2) is 41.9 Å². The van der Waals surface area contributed by atoms with E-state index in [1.54, 1.807) is 11.8 Å². The fourth-order valence-corrected chi connectivity index (χ4v) is 3.05. The zero-order valence-corrected chi connectivity index (χ0v) is 12.2. The first-order valence-corrected chi connectivity index (χ1v) is 8.12. The molecule has 3 nitrogen and oxygen atoms in total. The third-order valence-electron chi connectivity index (χ3n) is 3.62. The fourth-order valence-electron chi connectivity index (χ4n) is 2.53. The summed E-state index contributed by atoms with van der Waals surface area (Å²) in [5.41, 5.74) is 2.03. The van der Waals surface area contributed by atoms with Gasteiger partial charge in [0.15, 0.2) is 0 Å². The lowest BCUT2D eigenvalue weighted by Crippen LogP contribution is -2.28. The number of rotatable bonds is 5. The van der Waals surface area contributed by atoms with Crippen molar-refractivity contribution in [3.8, 4) is 0 Å². The molecule has 1 fully saturated rings. The van der Waals surface area contributed by atoms with Gasteiger partial charge in [0.05, 0.1) is 0 Å². The van der Waals surface area contributed by atoms with E-state index in [4.69, 9.17) is 5.11 Å². The van der Waals surface area contributed by atoms with Crippen LogP contribution in [0.1, 0.15) is 28.8 Å². The predicted molar refractivity (Wildman–Crippen MR) is 79.4 cm³/mol. The van der Waals surface area contributed by atoms with Crippen molar-refractivity contribution < 1.29 is 9.90 Å². The molecule has 1 aromatic rings. The minimum atomic E-state index is 0.121. The molecule has 1 aliphatic rings. The molecule has 1 atom stereocenters. The lowest BCUT2D eigenvalue weighted by atomic mass is 10.1. The standard InChI is InChI=1S/C15H21NO2S/c1-19-11-13-2-4-14(5-3-13)15(18)16-8-6-12(10-16)7-9-17/h2-5,12,17H,6-11H2,1H3. The first-order chi connectivity index (χ1) is 9.24. The minimum absolute atomic E-state index is 0.121. The molecule has 0 radical (unpaired) electrons. The summed E-state index contributed by atoms with van der Waals surface area (Å²) in [7, 11) is 0. The van der Waals surface area contributed by atoms with E-state index < -0.39 is 0 Å². The molecule has 4 heteroatoms. The number of aliphatic hydroxyl groups excluding tert-OH is 1. The topological polar surface area (TPSA) is 40.5 Å². The Morgan fingerprint density at radius 3 is 2.79 bits per heavy atom. The van der Waals surface area contributed by atoms with Gasteiger partial charge in [-0.15, -0.1) is 0 Å². The maximum atomic E-state index is 12.3. The molecular formula is C15H21NO2S. The summed E-state index contributed by atoms with van der Waals surface area (Å²) < 4.78 is 0. The Kier molecular flexibility index (Phi) is 5.28. The van der Waals surface area contributed by atoms with Crippen LogP contribution in [0.15, 0.2) is 24.3 Å². The highest BCUT2D eigenvalue weighted by Crippen LogP contribution is 2.21. The van der Waals surface area contributed by atoms with E-state index in [2.05, 4.69) is 6.26 Å². The van der Waals surface area contributed by atoms with Crippen LogP contribution in [0.3, 0.4) is 0 Å². The summed E-state index contributed by atoms with van der Waals surface area (Å²) in [5, 5.41) is 8.94. The summed E-state index contributed by atoms with van der Waals surface area (Å²) >= 11 is 1.78. The number of likely N-dealkylation sites (tertiary alicyclic amines) is 1. The second-order valence-electron chi connectivity index (χ2n) is 5.05. The zero-order valence-electron chi connectivity index (χ0n) is 11.3. The third-order valence-corrected chi connectivity index (χ3v) is 4.24. The van der Waals surface area contributed by atoms with E-state index in [9.17, 15) is 4.79 Å². The summed E-state index contributed by atoms with van der Waals surface area (Å²) in [6.45, 7) is 1.82. The number of nitrogens with zero attached hydrogens (tertiary/aromatic N) is 1. The smallest absolute Gasteiger partial charge is 0.253 e. The monoisotopic (exact) mass is 279 g/mol. The molecule has 0 bridgehead atoms. The Hall–Kier alpha value is -1.00. The average molecular weight is 279 g/mol. The molecule has 1 aromatic carbocycles. The molecule has 0 aromatic heterocycles. The summed E-state index contributed by atoms with van der Waals surface area (Å²) in [4.78, 5) is 14.2. The third kappa shape index (κ3) is 3.74. The van der Waals surface area contributed by atoms with Gasteiger partial charge in [-0.1, -0.05) is 12.1 Å². The van der Waals surface area contributed by atoms with E-state index in [0.717, 1.165) is 37.2 Å². The summed E-state index contributed by atoms with van der Waals surface area (Å²) in [5.74, 6) is 1.57. The van der Waals surface area contributed by atoms with Crippen molar-refractivity contribution in [2.24, 2.45) is 5.92 Å². The molecule has 1 amide bonds. The van der Waals surface area contributed by atoms with Gasteiger partial charge >= 0.3 is 0 Å². The van der Waals surface area contributed by atoms with Gasteiger partial charge in [-0.05, 0) is 42.7 Å². The highest BCUT2D eigenvalue weighted by atomic mass is 32.2. The van der Waals surface area contributed by atoms with Crippen molar-refractivity contribution in [3.63, 3.8) is 0 Å². The Morgan fingerprint density at radius 2 is 2.16 bits per heavy atom. The molecule has 0 aliphatic carbocycles. The Bertz CT molecular complexity index is 419. The van der Waals surface area contributed by atoms with E-state index in [1.807, 2.05) is 29.2 Å². The van der Waals surface area contributed by atoms with E-state index in [0.29, 0.717) is 5.92 Å². The van der Waals surface area contributed by atoms with Crippen molar-refractivity contribution >= 4 is 17.7 Å². The number of carbonyl (C=O) groups excluding carboxylic acids is 1. The molecule has 2 rings (SSSR count). The molecule has 0 spiro atoms. The minimum Gasteiger partial charge on any atom is -0.396 e. The van der Waals surface area contributed by atoms with Gasteiger partial charge in [-0.2, -0.15) is 11.8 Å². The van der Waals surface area contributed by atoms with Crippen LogP contribution in [0.4, 0.5) is 0 Å². The number of aliphatic hydroxyl groups is 1. The predicted octanol–water partition coefficient (Wildman–Crippen LogP) is 2.39. The van der Waals surface area contributed by atoms with Crippen LogP contribution < -0.4 is 0 Å². The first-order valence-electron chi connectivity index (χ1n) is 6.72. The van der Waals surface area contributed by atoms with Gasteiger partial charge in [0, 0.05) is 31.0 Å². The van der Waals surface area contributed by atoms with Gasteiger partial charge in [0.25, 0.3) is 5.91 Å². The number of amides is 1. The van der Waals surface area contributed by atoms with Crippen LogP contribution in [0, 0.1) is 5.92 Å². The van der Waals surface area contributed by atoms with Crippen molar-refractivity contribution in [2.75, 3.05) is 26.0 Å². The van der Waals surface area contributed by atoms with Crippen LogP contribution in [0.25, 0.3) is 0 Å². The molecule has 1 heterocycles. The fraction of sp³-hybridized carbons (Fsp3) is 0.533. The van der Waals surface area contributed by atoms with Gasteiger partial charge in [-0.3, -0.25) is 4.79 Å². The second kappa shape index (κ2) is 6.96. The van der Waals surface area contributed by atoms with Gasteiger partial charge in [-0.25, -0.2) is 0 Å². The highest BCUT2D eigenvalue weighted by Gasteiger charge is 2.26. The lowest BCUT2D eigenvalue weighted by molar-refractivity contribution is 0.0784. The number of carbonyl (C=O) groups is 1. The van der Waals surface area contributed by atoms with Gasteiger partial charge in [0.2, 0.25) is 0 Å². The second-order valence-corrected chi connectivity index (χ2v) is 5.91. The SMILES string of the molecule is CSCc1ccc(C(=O)N2CCC(CCO)C2)cc1. The highest BCUT2D eigenvalue weighted by molar-refractivity contribution is 7.97. The van der Waals surface area contributed by atoms with Crippen molar-refractivity contribution in [3.05, 3.63) is 35.4 Å². The maximum absolute atomic E-state index is 12.3. The van der Waals surface area contributed by atoms with Crippen molar-refractivity contribution in [1.82, 2.24) is 4.90 Å². The van der Waals surface area contributed by atoms with Crippen LogP contribution in [-0.2, 0) is 5.75 Å². The average Bonchev–Trinajstić information content (AvgIpc) is 2.88. The molecule has 1 unspecified atom stereocenters. The van der Waals surface area contributed by atoms with Gasteiger partial charge < -0.3 is 10.0 Å². The van der Waals surface area contributed by atoms with E-state index >= 15 is 0 Å². The summed E-state index contributed by atoms with van der Waals surface area (Å²) in [6.07, 6.45) is 3.89. The number of hydrogen-bond acceptors (Lipinski definition) is 3. The quantitative estimate of drug-likeness (QED) is 0.899. The van der Waals surface area contributed by atoms with E-state index in [1.165, 1.54) is 5.56 Å². The normalized spacial score (nSPS) is 18.8. The molecule has 1 saturated heterocycles. The number of thioether (sulfide) groups is 1. The lowest BCUT2D eigenvalue weighted by Gasteiger charge is -2.16. The number of hydrogen-bond donors (Lipinski definition) is 1. The molecular weight excluding hydrogens is 258 g/mol. The first kappa shape index (κ1) is 14.4. The van der Waals surface area contributed by atoms with Crippen LogP contribution >= 0.6 is 11.8 Å².